The van der Waals surface area contributed by atoms with Gasteiger partial charge in [0.1, 0.15) is 5.69 Å². The van der Waals surface area contributed by atoms with E-state index in [9.17, 15) is 10.1 Å². The number of allylic oxidation sites excluding steroid dienone is 3. The lowest BCUT2D eigenvalue weighted by molar-refractivity contribution is 0.0952. The Labute approximate surface area is 218 Å². The Bertz CT molecular complexity index is 1660. The standard InChI is InChI=1S/C33H26N3O.H2/c1-21-12-22(14-31-25(13-21)10-11-30(36-31)23-6-4-3-5-7-23)19-35-32(37)26-9-8-24-15-27-16-28(27)18-33(2,20-34)29(24)17-26;/h3-9,12-14,16-17,22H,15,18-19H2,1-2H3,(H,35,37);1H/t22?,33-;/m0./s1. The number of aromatic nitrogens is 1. The van der Waals surface area contributed by atoms with E-state index in [1.54, 1.807) is 0 Å². The van der Waals surface area contributed by atoms with E-state index in [4.69, 9.17) is 4.98 Å². The van der Waals surface area contributed by atoms with E-state index in [0.717, 1.165) is 44.9 Å². The van der Waals surface area contributed by atoms with Crippen LogP contribution in [0.15, 0.2) is 71.3 Å². The lowest BCUT2D eigenvalue weighted by Crippen LogP contribution is -2.32. The first-order valence-corrected chi connectivity index (χ1v) is 12.6. The van der Waals surface area contributed by atoms with E-state index >= 15 is 0 Å². The third-order valence-corrected chi connectivity index (χ3v) is 7.41. The van der Waals surface area contributed by atoms with Crippen molar-refractivity contribution >= 4 is 18.1 Å². The summed E-state index contributed by atoms with van der Waals surface area (Å²) < 4.78 is 0. The molecule has 1 heterocycles. The fraction of sp³-hybridized carbons (Fsp3) is 0.212. The summed E-state index contributed by atoms with van der Waals surface area (Å²) in [6.45, 7) is 4.47. The van der Waals surface area contributed by atoms with Crippen LogP contribution in [0.3, 0.4) is 0 Å². The topological polar surface area (TPSA) is 65.8 Å². The lowest BCUT2D eigenvalue weighted by atomic mass is 9.77. The Morgan fingerprint density at radius 1 is 1.19 bits per heavy atom. The molecule has 0 saturated carbocycles. The second-order valence-corrected chi connectivity index (χ2v) is 10.3. The molecule has 2 atom stereocenters. The first-order chi connectivity index (χ1) is 17.9. The van der Waals surface area contributed by atoms with Crippen molar-refractivity contribution in [2.75, 3.05) is 6.54 Å². The van der Waals surface area contributed by atoms with Gasteiger partial charge in [0.25, 0.3) is 5.91 Å². The Hall–Kier alpha value is -4.41. The van der Waals surface area contributed by atoms with Crippen LogP contribution < -0.4 is 15.9 Å². The average Bonchev–Trinajstić information content (AvgIpc) is 3.68. The van der Waals surface area contributed by atoms with Crippen LogP contribution in [0, 0.1) is 35.8 Å². The molecule has 4 heteroatoms. The molecular formula is C33H28N3O. The second kappa shape index (κ2) is 8.91. The molecule has 3 aliphatic carbocycles. The van der Waals surface area contributed by atoms with Gasteiger partial charge < -0.3 is 5.32 Å². The number of hydrogen-bond acceptors (Lipinski definition) is 3. The highest BCUT2D eigenvalue weighted by Gasteiger charge is 2.39. The normalized spacial score (nSPS) is 21.2. The highest BCUT2D eigenvalue weighted by atomic mass is 16.1. The molecule has 3 aliphatic rings. The van der Waals surface area contributed by atoms with Gasteiger partial charge in [-0.15, -0.1) is 0 Å². The Kier molecular flexibility index (Phi) is 5.54. The van der Waals surface area contributed by atoms with Crippen LogP contribution in [0.5, 0.6) is 0 Å². The number of amides is 1. The number of benzene rings is 2. The van der Waals surface area contributed by atoms with E-state index < -0.39 is 5.41 Å². The number of nitrogens with zero attached hydrogens (tertiary/aromatic N) is 2. The van der Waals surface area contributed by atoms with Gasteiger partial charge in [-0.3, -0.25) is 4.79 Å². The smallest absolute Gasteiger partial charge is 0.251 e. The van der Waals surface area contributed by atoms with Crippen molar-refractivity contribution in [2.45, 2.75) is 32.1 Å². The maximum Gasteiger partial charge on any atom is 0.251 e. The quantitative estimate of drug-likeness (QED) is 0.599. The van der Waals surface area contributed by atoms with Gasteiger partial charge in [-0.1, -0.05) is 65.3 Å². The van der Waals surface area contributed by atoms with Crippen LogP contribution >= 0.6 is 0 Å². The van der Waals surface area contributed by atoms with E-state index in [-0.39, 0.29) is 13.3 Å². The number of hydrogen-bond donors (Lipinski definition) is 1. The number of carbonyl (C=O) groups excluding carboxylic acids is 1. The number of carbonyl (C=O) groups is 1. The SMILES string of the molecule is CC1=CC(CNC(=O)c2ccc3c(c2)[C@](C)(C#N)CC2=C([CH]2)C3)C=c2nc(-c3ccccc3)c#cc2=C1.[HH]. The monoisotopic (exact) mass is 482 g/mol. The minimum absolute atomic E-state index is 0. The van der Waals surface area contributed by atoms with Crippen molar-refractivity contribution in [1.29, 1.82) is 5.26 Å². The van der Waals surface area contributed by atoms with Crippen LogP contribution in [0.4, 0.5) is 0 Å². The van der Waals surface area contributed by atoms with Crippen LogP contribution in [-0.4, -0.2) is 17.4 Å². The molecule has 0 spiro atoms. The molecule has 3 aromatic rings. The van der Waals surface area contributed by atoms with Gasteiger partial charge in [-0.25, -0.2) is 4.98 Å². The van der Waals surface area contributed by atoms with Gasteiger partial charge in [0.2, 0.25) is 0 Å². The summed E-state index contributed by atoms with van der Waals surface area (Å²) in [6, 6.07) is 24.7. The molecule has 0 saturated heterocycles. The van der Waals surface area contributed by atoms with Crippen LogP contribution in [0.2, 0.25) is 0 Å². The first-order valence-electron chi connectivity index (χ1n) is 12.6. The second-order valence-electron chi connectivity index (χ2n) is 10.3. The summed E-state index contributed by atoms with van der Waals surface area (Å²) >= 11 is 0. The molecular weight excluding hydrogens is 454 g/mol. The fourth-order valence-electron chi connectivity index (χ4n) is 5.33. The van der Waals surface area contributed by atoms with Crippen molar-refractivity contribution in [1.82, 2.24) is 10.3 Å². The van der Waals surface area contributed by atoms with E-state index in [1.807, 2.05) is 62.4 Å². The Morgan fingerprint density at radius 2 is 2.03 bits per heavy atom. The number of rotatable bonds is 4. The Morgan fingerprint density at radius 3 is 2.84 bits per heavy atom. The summed E-state index contributed by atoms with van der Waals surface area (Å²) in [5.41, 5.74) is 7.52. The maximum absolute atomic E-state index is 13.2. The summed E-state index contributed by atoms with van der Waals surface area (Å²) in [4.78, 5) is 18.1. The molecule has 1 N–H and O–H groups in total. The number of nitrogens with one attached hydrogen (secondary N) is 1. The van der Waals surface area contributed by atoms with Gasteiger partial charge in [-0.05, 0) is 68.2 Å². The third-order valence-electron chi connectivity index (χ3n) is 7.41. The molecule has 181 valence electrons. The largest absolute Gasteiger partial charge is 0.351 e. The van der Waals surface area contributed by atoms with Gasteiger partial charge in [0, 0.05) is 31.4 Å². The third kappa shape index (κ3) is 4.48. The molecule has 37 heavy (non-hydrogen) atoms. The summed E-state index contributed by atoms with van der Waals surface area (Å²) in [6.07, 6.45) is 10.0. The zero-order chi connectivity index (χ0) is 25.6. The predicted octanol–water partition coefficient (Wildman–Crippen LogP) is 4.40. The molecule has 2 aromatic carbocycles. The molecule has 0 fully saturated rings. The van der Waals surface area contributed by atoms with E-state index in [0.29, 0.717) is 18.5 Å². The van der Waals surface area contributed by atoms with Crippen molar-refractivity contribution in [3.05, 3.63) is 117 Å². The molecule has 4 nitrogen and oxygen atoms in total. The van der Waals surface area contributed by atoms with Crippen molar-refractivity contribution in [3.8, 4) is 17.3 Å². The van der Waals surface area contributed by atoms with E-state index in [1.165, 1.54) is 11.1 Å². The number of nitriles is 1. The van der Waals surface area contributed by atoms with Crippen molar-refractivity contribution in [2.24, 2.45) is 5.92 Å². The number of fused-ring (bicyclic) bond motifs is 2. The Balaban J connectivity index is 0.00000294. The zero-order valence-corrected chi connectivity index (χ0v) is 20.9. The molecule has 1 radical (unpaired) electrons. The van der Waals surface area contributed by atoms with Crippen LogP contribution in [0.1, 0.15) is 43.2 Å². The molecule has 1 amide bonds. The van der Waals surface area contributed by atoms with Crippen molar-refractivity contribution < 1.29 is 6.22 Å². The molecule has 1 unspecified atom stereocenters. The van der Waals surface area contributed by atoms with Gasteiger partial charge in [-0.2, -0.15) is 5.26 Å². The summed E-state index contributed by atoms with van der Waals surface area (Å²) in [5, 5.41) is 14.8. The summed E-state index contributed by atoms with van der Waals surface area (Å²) in [5.74, 6) is -0.155. The maximum atomic E-state index is 13.2. The average molecular weight is 483 g/mol. The summed E-state index contributed by atoms with van der Waals surface area (Å²) in [7, 11) is 0. The lowest BCUT2D eigenvalue weighted by Gasteiger charge is -2.24. The minimum Gasteiger partial charge on any atom is -0.351 e. The molecule has 1 aromatic heterocycles. The highest BCUT2D eigenvalue weighted by molar-refractivity contribution is 5.94. The fourth-order valence-corrected chi connectivity index (χ4v) is 5.33. The first kappa shape index (κ1) is 23.0. The van der Waals surface area contributed by atoms with Gasteiger partial charge >= 0.3 is 0 Å². The van der Waals surface area contributed by atoms with Crippen LogP contribution in [-0.2, 0) is 11.8 Å². The van der Waals surface area contributed by atoms with Crippen molar-refractivity contribution in [3.63, 3.8) is 0 Å². The highest BCUT2D eigenvalue weighted by Crippen LogP contribution is 2.47. The van der Waals surface area contributed by atoms with E-state index in [2.05, 4.69) is 48.2 Å². The van der Waals surface area contributed by atoms with Crippen LogP contribution in [0.25, 0.3) is 23.4 Å². The minimum atomic E-state index is -0.625. The van der Waals surface area contributed by atoms with Gasteiger partial charge in [0.05, 0.1) is 22.1 Å². The molecule has 0 bridgehead atoms. The molecule has 0 aliphatic heterocycles. The predicted molar refractivity (Wildman–Crippen MR) is 146 cm³/mol. The molecule has 6 rings (SSSR count). The zero-order valence-electron chi connectivity index (χ0n) is 20.9. The van der Waals surface area contributed by atoms with Gasteiger partial charge in [0.15, 0.2) is 0 Å².